The van der Waals surface area contributed by atoms with Crippen LogP contribution in [0.25, 0.3) is 62.4 Å². The third-order valence-electron chi connectivity index (χ3n) is 14.1. The Kier molecular flexibility index (Phi) is 17.3. The molecule has 3 aliphatic rings. The molecule has 11 heterocycles. The molecule has 2 atom stereocenters. The minimum absolute atomic E-state index is 0.0272. The molecule has 0 aromatic carbocycles. The first-order chi connectivity index (χ1) is 37.2. The number of amides is 3. The SMILES string of the molecule is CC(=O)Nc1sc2c(c1-c1nc3cnccc3s1)CCC(C)C2.CC(=O)Nc1sc2c(c1-c1nc3cnccc3s1)CCN(C)C2.CCC(C)NCCC(=O)Nc1sc2c(c1-c1nc3cnccc3s1)CCN(C(C)C)C2. The fraction of sp³-hybridized carbons (Fsp3) is 0.411. The fourth-order valence-electron chi connectivity index (χ4n) is 9.84. The van der Waals surface area contributed by atoms with Crippen LogP contribution in [0.3, 0.4) is 0 Å². The van der Waals surface area contributed by atoms with E-state index in [9.17, 15) is 14.4 Å². The maximum atomic E-state index is 12.7. The Balaban J connectivity index is 0.000000133. The molecule has 2 unspecified atom stereocenters. The highest BCUT2D eigenvalue weighted by Crippen LogP contribution is 2.49. The van der Waals surface area contributed by atoms with Crippen molar-refractivity contribution in [2.24, 2.45) is 5.92 Å². The van der Waals surface area contributed by atoms with Gasteiger partial charge in [-0.1, -0.05) is 13.8 Å². The number of thiophene rings is 3. The van der Waals surface area contributed by atoms with Crippen LogP contribution in [0, 0.1) is 5.92 Å². The molecule has 0 bridgehead atoms. The molecular weight excluding hydrogens is 1080 g/mol. The molecule has 2 aliphatic heterocycles. The normalized spacial score (nSPS) is 15.8. The minimum Gasteiger partial charge on any atom is -0.317 e. The molecule has 0 saturated heterocycles. The van der Waals surface area contributed by atoms with E-state index in [1.165, 1.54) is 37.7 Å². The van der Waals surface area contributed by atoms with Crippen LogP contribution in [-0.4, -0.2) is 96.2 Å². The third-order valence-corrected chi connectivity index (χ3v) is 20.7. The lowest BCUT2D eigenvalue weighted by Crippen LogP contribution is -2.35. The second kappa shape index (κ2) is 24.3. The lowest BCUT2D eigenvalue weighted by molar-refractivity contribution is -0.116. The second-order valence-electron chi connectivity index (χ2n) is 20.3. The molecule has 4 N–H and O–H groups in total. The standard InChI is InChI=1S/C23H31N5OS2.C17H17N3OS2.C16H16N4OS2/c1-5-15(4)25-10-7-20(29)27-23-21(22-26-17-12-24-9-6-18(17)30-22)16-8-11-28(14(2)3)13-19(16)31-23;1-9-3-4-11-14(7-9)23-16(19-10(2)21)15(11)17-20-12-8-18-6-5-13(12)22-17;1-9(21)18-15-14(10-4-6-20(2)8-13(10)23-15)16-19-11-7-17-5-3-12(11)22-16/h6,9,12,14-15,25H,5,7-8,10-11,13H2,1-4H3,(H,27,29);5-6,8-9H,3-4,7H2,1-2H3,(H,19,21);3,5,7H,4,6,8H2,1-2H3,(H,18,21). The average molecular weight is 1150 g/mol. The number of carbonyl (C=O) groups excluding carboxylic acids is 3. The van der Waals surface area contributed by atoms with Gasteiger partial charge >= 0.3 is 0 Å². The summed E-state index contributed by atoms with van der Waals surface area (Å²) in [5.41, 5.74) is 10.2. The maximum absolute atomic E-state index is 12.7. The van der Waals surface area contributed by atoms with E-state index >= 15 is 0 Å². The average Bonchev–Trinajstić information content (AvgIpc) is 4.30. The molecule has 0 fully saturated rings. The van der Waals surface area contributed by atoms with Gasteiger partial charge in [-0.2, -0.15) is 0 Å². The van der Waals surface area contributed by atoms with E-state index in [1.54, 1.807) is 113 Å². The summed E-state index contributed by atoms with van der Waals surface area (Å²) in [5, 5.41) is 18.4. The first-order valence-electron chi connectivity index (χ1n) is 26.3. The smallest absolute Gasteiger partial charge is 0.226 e. The molecular formula is C56H64N12O3S6. The molecule has 402 valence electrons. The van der Waals surface area contributed by atoms with E-state index < -0.39 is 0 Å². The highest BCUT2D eigenvalue weighted by atomic mass is 32.1. The molecule has 0 spiro atoms. The summed E-state index contributed by atoms with van der Waals surface area (Å²) in [4.78, 5) is 71.7. The van der Waals surface area contributed by atoms with Gasteiger partial charge in [0.15, 0.2) is 0 Å². The lowest BCUT2D eigenvalue weighted by atomic mass is 9.88. The van der Waals surface area contributed by atoms with Gasteiger partial charge in [0.05, 0.1) is 32.7 Å². The highest BCUT2D eigenvalue weighted by Gasteiger charge is 2.31. The molecule has 3 amide bonds. The zero-order valence-electron chi connectivity index (χ0n) is 44.7. The number of rotatable bonds is 12. The van der Waals surface area contributed by atoms with E-state index in [-0.39, 0.29) is 17.7 Å². The topological polar surface area (TPSA) is 183 Å². The van der Waals surface area contributed by atoms with Crippen LogP contribution in [0.1, 0.15) is 99.1 Å². The van der Waals surface area contributed by atoms with Gasteiger partial charge in [-0.3, -0.25) is 34.2 Å². The van der Waals surface area contributed by atoms with Crippen molar-refractivity contribution >= 4 is 131 Å². The Bertz CT molecular complexity index is 3340. The third kappa shape index (κ3) is 12.5. The van der Waals surface area contributed by atoms with Crippen molar-refractivity contribution < 1.29 is 14.4 Å². The monoisotopic (exact) mass is 1140 g/mol. The first kappa shape index (κ1) is 54.8. The summed E-state index contributed by atoms with van der Waals surface area (Å²) >= 11 is 10.1. The number of pyridine rings is 3. The number of hydrogen-bond acceptors (Lipinski definition) is 18. The number of aromatic nitrogens is 6. The number of thiazole rings is 3. The predicted octanol–water partition coefficient (Wildman–Crippen LogP) is 12.8. The highest BCUT2D eigenvalue weighted by molar-refractivity contribution is 7.24. The number of nitrogens with zero attached hydrogens (tertiary/aromatic N) is 8. The second-order valence-corrected chi connectivity index (χ2v) is 26.7. The molecule has 15 nitrogen and oxygen atoms in total. The number of hydrogen-bond donors (Lipinski definition) is 4. The van der Waals surface area contributed by atoms with E-state index in [0.717, 1.165) is 136 Å². The van der Waals surface area contributed by atoms with Crippen LogP contribution in [0.15, 0.2) is 55.4 Å². The van der Waals surface area contributed by atoms with Crippen molar-refractivity contribution in [3.05, 3.63) is 86.7 Å². The van der Waals surface area contributed by atoms with E-state index in [0.29, 0.717) is 31.0 Å². The largest absolute Gasteiger partial charge is 0.317 e. The van der Waals surface area contributed by atoms with Gasteiger partial charge in [0.1, 0.15) is 46.6 Å². The Morgan fingerprint density at radius 1 is 0.636 bits per heavy atom. The summed E-state index contributed by atoms with van der Waals surface area (Å²) in [7, 11) is 2.13. The van der Waals surface area contributed by atoms with Crippen molar-refractivity contribution in [1.82, 2.24) is 45.0 Å². The van der Waals surface area contributed by atoms with Crippen molar-refractivity contribution in [1.29, 1.82) is 0 Å². The van der Waals surface area contributed by atoms with Gasteiger partial charge in [0, 0.05) is 115 Å². The number of fused-ring (bicyclic) bond motifs is 6. The zero-order valence-corrected chi connectivity index (χ0v) is 49.6. The Labute approximate surface area is 473 Å². The molecule has 77 heavy (non-hydrogen) atoms. The van der Waals surface area contributed by atoms with Crippen LogP contribution in [-0.2, 0) is 53.2 Å². The van der Waals surface area contributed by atoms with E-state index in [4.69, 9.17) is 15.0 Å². The first-order valence-corrected chi connectivity index (χ1v) is 31.2. The van der Waals surface area contributed by atoms with Crippen molar-refractivity contribution in [2.75, 3.05) is 42.6 Å². The quantitative estimate of drug-likeness (QED) is 0.0909. The molecule has 0 saturated carbocycles. The van der Waals surface area contributed by atoms with Gasteiger partial charge in [-0.15, -0.1) is 68.0 Å². The van der Waals surface area contributed by atoms with Crippen molar-refractivity contribution in [3.8, 4) is 31.7 Å². The van der Waals surface area contributed by atoms with Crippen molar-refractivity contribution in [2.45, 2.75) is 119 Å². The Hall–Kier alpha value is -5.49. The summed E-state index contributed by atoms with van der Waals surface area (Å²) in [6.07, 6.45) is 17.7. The van der Waals surface area contributed by atoms with Gasteiger partial charge in [-0.05, 0) is 107 Å². The molecule has 12 rings (SSSR count). The predicted molar refractivity (Wildman–Crippen MR) is 322 cm³/mol. The van der Waals surface area contributed by atoms with Crippen LogP contribution < -0.4 is 21.3 Å². The molecule has 9 aromatic heterocycles. The van der Waals surface area contributed by atoms with E-state index in [1.807, 2.05) is 24.4 Å². The van der Waals surface area contributed by atoms with Gasteiger partial charge in [0.2, 0.25) is 17.7 Å². The van der Waals surface area contributed by atoms with E-state index in [2.05, 4.69) is 87.7 Å². The number of likely N-dealkylation sites (N-methyl/N-ethyl adjacent to an activating group) is 1. The number of anilines is 3. The lowest BCUT2D eigenvalue weighted by Gasteiger charge is -2.30. The van der Waals surface area contributed by atoms with Crippen LogP contribution in [0.2, 0.25) is 0 Å². The zero-order chi connectivity index (χ0) is 53.9. The Morgan fingerprint density at radius 2 is 1.10 bits per heavy atom. The van der Waals surface area contributed by atoms with Crippen LogP contribution in [0.5, 0.6) is 0 Å². The summed E-state index contributed by atoms with van der Waals surface area (Å²) in [5.74, 6) is 0.694. The van der Waals surface area contributed by atoms with Crippen LogP contribution in [0.4, 0.5) is 15.0 Å². The summed E-state index contributed by atoms with van der Waals surface area (Å²) in [6.45, 7) is 18.8. The number of nitrogens with one attached hydrogen (secondary N) is 4. The Morgan fingerprint density at radius 3 is 1.58 bits per heavy atom. The summed E-state index contributed by atoms with van der Waals surface area (Å²) < 4.78 is 3.38. The van der Waals surface area contributed by atoms with Crippen LogP contribution >= 0.6 is 68.0 Å². The molecule has 0 radical (unpaired) electrons. The minimum atomic E-state index is -0.0408. The van der Waals surface area contributed by atoms with Gasteiger partial charge in [0.25, 0.3) is 0 Å². The number of carbonyl (C=O) groups is 3. The summed E-state index contributed by atoms with van der Waals surface area (Å²) in [6, 6.07) is 6.93. The molecule has 21 heteroatoms. The fourth-order valence-corrected chi connectivity index (χ4v) is 17.2. The molecule has 1 aliphatic carbocycles. The van der Waals surface area contributed by atoms with Gasteiger partial charge in [-0.25, -0.2) is 15.0 Å². The van der Waals surface area contributed by atoms with Crippen molar-refractivity contribution in [3.63, 3.8) is 0 Å². The molecule has 9 aromatic rings. The van der Waals surface area contributed by atoms with Gasteiger partial charge < -0.3 is 26.2 Å². The maximum Gasteiger partial charge on any atom is 0.226 e.